The molecule has 1 aliphatic heterocycles. The van der Waals surface area contributed by atoms with Crippen LogP contribution in [0.4, 0.5) is 0 Å². The molecule has 1 aromatic carbocycles. The van der Waals surface area contributed by atoms with E-state index in [1.165, 1.54) is 37.7 Å². The molecule has 1 saturated heterocycles. The first kappa shape index (κ1) is 24.0. The maximum atomic E-state index is 6.09. The number of nitrogens with one attached hydrogen (secondary N) is 1. The Morgan fingerprint density at radius 3 is 2.62 bits per heavy atom. The van der Waals surface area contributed by atoms with Gasteiger partial charge in [0.2, 0.25) is 0 Å². The molecule has 0 aromatic heterocycles. The lowest BCUT2D eigenvalue weighted by molar-refractivity contribution is -0.0761. The number of hydrogen-bond donors (Lipinski definition) is 1. The molecule has 4 nitrogen and oxygen atoms in total. The van der Waals surface area contributed by atoms with E-state index in [0.717, 1.165) is 37.1 Å². The van der Waals surface area contributed by atoms with Crippen LogP contribution in [0.15, 0.2) is 18.2 Å². The first-order chi connectivity index (χ1) is 13.9. The summed E-state index contributed by atoms with van der Waals surface area (Å²) in [6, 6.07) is 6.21. The molecule has 0 amide bonds. The second kappa shape index (κ2) is 11.8. The Bertz CT molecular complexity index is 602. The van der Waals surface area contributed by atoms with Crippen molar-refractivity contribution in [2.75, 3.05) is 26.9 Å². The minimum Gasteiger partial charge on any atom is -0.493 e. The van der Waals surface area contributed by atoms with Crippen molar-refractivity contribution in [2.24, 2.45) is 17.3 Å². The summed E-state index contributed by atoms with van der Waals surface area (Å²) in [5.41, 5.74) is 1.65. The standard InChI is InChI=1S/C25H43NO3/c1-7-28-22-9-8-21(16-23(22)27-6)18-26-14-12-25(11-10-19(2)3)13-15-29-24(17-25)20(4)5/h8-9,16,19-20,24,26H,7,10-15,17-18H2,1-6H3/t24-,25+/m0/s1. The average molecular weight is 406 g/mol. The van der Waals surface area contributed by atoms with E-state index < -0.39 is 0 Å². The van der Waals surface area contributed by atoms with Gasteiger partial charge in [-0.25, -0.2) is 0 Å². The van der Waals surface area contributed by atoms with Crippen LogP contribution in [0, 0.1) is 17.3 Å². The van der Waals surface area contributed by atoms with Crippen molar-refractivity contribution in [3.8, 4) is 11.5 Å². The maximum Gasteiger partial charge on any atom is 0.161 e. The topological polar surface area (TPSA) is 39.7 Å². The predicted molar refractivity (Wildman–Crippen MR) is 121 cm³/mol. The van der Waals surface area contributed by atoms with Crippen LogP contribution in [0.3, 0.4) is 0 Å². The van der Waals surface area contributed by atoms with Crippen LogP contribution in [0.25, 0.3) is 0 Å². The van der Waals surface area contributed by atoms with E-state index in [2.05, 4.69) is 45.1 Å². The van der Waals surface area contributed by atoms with Gasteiger partial charge in [-0.3, -0.25) is 0 Å². The summed E-state index contributed by atoms with van der Waals surface area (Å²) in [6.07, 6.45) is 6.65. The second-order valence-corrected chi connectivity index (χ2v) is 9.38. The Morgan fingerprint density at radius 1 is 1.17 bits per heavy atom. The molecular weight excluding hydrogens is 362 g/mol. The summed E-state index contributed by atoms with van der Waals surface area (Å²) in [5, 5.41) is 3.67. The van der Waals surface area contributed by atoms with E-state index in [1.54, 1.807) is 7.11 Å². The SMILES string of the molecule is CCOc1ccc(CNCC[C@]2(CCC(C)C)CCO[C@H](C(C)C)C2)cc1OC. The van der Waals surface area contributed by atoms with Gasteiger partial charge in [0.1, 0.15) is 0 Å². The molecule has 2 atom stereocenters. The summed E-state index contributed by atoms with van der Waals surface area (Å²) < 4.78 is 17.2. The molecule has 0 unspecified atom stereocenters. The highest BCUT2D eigenvalue weighted by Crippen LogP contribution is 2.43. The normalized spacial score (nSPS) is 22.3. The van der Waals surface area contributed by atoms with Crippen LogP contribution in [-0.4, -0.2) is 33.0 Å². The number of benzene rings is 1. The minimum atomic E-state index is 0.409. The largest absolute Gasteiger partial charge is 0.493 e. The first-order valence-corrected chi connectivity index (χ1v) is 11.5. The van der Waals surface area contributed by atoms with Crippen molar-refractivity contribution in [2.45, 2.75) is 79.4 Å². The predicted octanol–water partition coefficient (Wildman–Crippen LogP) is 5.83. The second-order valence-electron chi connectivity index (χ2n) is 9.38. The summed E-state index contributed by atoms with van der Waals surface area (Å²) in [7, 11) is 1.70. The Labute approximate surface area is 178 Å². The van der Waals surface area contributed by atoms with Crippen LogP contribution in [0.5, 0.6) is 11.5 Å². The zero-order valence-corrected chi connectivity index (χ0v) is 19.6. The van der Waals surface area contributed by atoms with Gasteiger partial charge < -0.3 is 19.5 Å². The van der Waals surface area contributed by atoms with Crippen LogP contribution in [-0.2, 0) is 11.3 Å². The number of hydrogen-bond acceptors (Lipinski definition) is 4. The minimum absolute atomic E-state index is 0.409. The summed E-state index contributed by atoms with van der Waals surface area (Å²) in [4.78, 5) is 0. The molecule has 0 radical (unpaired) electrons. The molecule has 1 aromatic rings. The van der Waals surface area contributed by atoms with E-state index in [9.17, 15) is 0 Å². The van der Waals surface area contributed by atoms with Gasteiger partial charge in [-0.05, 0) is 74.1 Å². The Kier molecular flexibility index (Phi) is 9.78. The van der Waals surface area contributed by atoms with Gasteiger partial charge in [-0.2, -0.15) is 0 Å². The van der Waals surface area contributed by atoms with Crippen LogP contribution in [0.2, 0.25) is 0 Å². The molecule has 1 heterocycles. The first-order valence-electron chi connectivity index (χ1n) is 11.5. The zero-order chi connectivity index (χ0) is 21.3. The fourth-order valence-corrected chi connectivity index (χ4v) is 4.30. The molecule has 1 N–H and O–H groups in total. The number of methoxy groups -OCH3 is 1. The quantitative estimate of drug-likeness (QED) is 0.444. The number of rotatable bonds is 12. The van der Waals surface area contributed by atoms with E-state index in [4.69, 9.17) is 14.2 Å². The molecule has 29 heavy (non-hydrogen) atoms. The highest BCUT2D eigenvalue weighted by Gasteiger charge is 2.37. The van der Waals surface area contributed by atoms with Gasteiger partial charge in [0.25, 0.3) is 0 Å². The van der Waals surface area contributed by atoms with E-state index in [1.807, 2.05) is 13.0 Å². The highest BCUT2D eigenvalue weighted by molar-refractivity contribution is 5.42. The molecule has 4 heteroatoms. The maximum absolute atomic E-state index is 6.09. The van der Waals surface area contributed by atoms with Crippen LogP contribution in [0.1, 0.15) is 72.3 Å². The van der Waals surface area contributed by atoms with Gasteiger partial charge in [0.05, 0.1) is 19.8 Å². The third-order valence-corrected chi connectivity index (χ3v) is 6.28. The molecule has 166 valence electrons. The van der Waals surface area contributed by atoms with Crippen LogP contribution < -0.4 is 14.8 Å². The zero-order valence-electron chi connectivity index (χ0n) is 19.6. The summed E-state index contributed by atoms with van der Waals surface area (Å²) in [5.74, 6) is 2.98. The highest BCUT2D eigenvalue weighted by atomic mass is 16.5. The Morgan fingerprint density at radius 2 is 1.97 bits per heavy atom. The lowest BCUT2D eigenvalue weighted by atomic mass is 9.69. The fraction of sp³-hybridized carbons (Fsp3) is 0.760. The van der Waals surface area contributed by atoms with E-state index >= 15 is 0 Å². The Hall–Kier alpha value is -1.26. The molecule has 0 aliphatic carbocycles. The van der Waals surface area contributed by atoms with Crippen molar-refractivity contribution < 1.29 is 14.2 Å². The molecular formula is C25H43NO3. The molecule has 1 aliphatic rings. The van der Waals surface area contributed by atoms with Gasteiger partial charge in [-0.1, -0.05) is 40.2 Å². The van der Waals surface area contributed by atoms with Crippen molar-refractivity contribution in [1.29, 1.82) is 0 Å². The van der Waals surface area contributed by atoms with E-state index in [-0.39, 0.29) is 0 Å². The number of ether oxygens (including phenoxy) is 3. The third-order valence-electron chi connectivity index (χ3n) is 6.28. The lowest BCUT2D eigenvalue weighted by Crippen LogP contribution is -2.39. The molecule has 0 bridgehead atoms. The Balaban J connectivity index is 1.92. The van der Waals surface area contributed by atoms with Gasteiger partial charge in [-0.15, -0.1) is 0 Å². The van der Waals surface area contributed by atoms with Gasteiger partial charge in [0, 0.05) is 13.2 Å². The average Bonchev–Trinajstić information content (AvgIpc) is 2.71. The van der Waals surface area contributed by atoms with Crippen molar-refractivity contribution in [3.05, 3.63) is 23.8 Å². The summed E-state index contributed by atoms with van der Waals surface area (Å²) in [6.45, 7) is 14.7. The molecule has 0 saturated carbocycles. The fourth-order valence-electron chi connectivity index (χ4n) is 4.30. The van der Waals surface area contributed by atoms with Gasteiger partial charge >= 0.3 is 0 Å². The smallest absolute Gasteiger partial charge is 0.161 e. The van der Waals surface area contributed by atoms with Crippen molar-refractivity contribution >= 4 is 0 Å². The van der Waals surface area contributed by atoms with Crippen molar-refractivity contribution in [1.82, 2.24) is 5.32 Å². The van der Waals surface area contributed by atoms with Crippen molar-refractivity contribution in [3.63, 3.8) is 0 Å². The molecule has 2 rings (SSSR count). The lowest BCUT2D eigenvalue weighted by Gasteiger charge is -2.43. The molecule has 1 fully saturated rings. The third kappa shape index (κ3) is 7.49. The molecule has 0 spiro atoms. The summed E-state index contributed by atoms with van der Waals surface area (Å²) >= 11 is 0. The van der Waals surface area contributed by atoms with E-state index in [0.29, 0.717) is 24.0 Å². The van der Waals surface area contributed by atoms with Gasteiger partial charge in [0.15, 0.2) is 11.5 Å². The van der Waals surface area contributed by atoms with Crippen LogP contribution >= 0.6 is 0 Å². The monoisotopic (exact) mass is 405 g/mol.